The second-order valence-corrected chi connectivity index (χ2v) is 8.44. The Hall–Kier alpha value is -1.56. The third kappa shape index (κ3) is 4.00. The van der Waals surface area contributed by atoms with Crippen molar-refractivity contribution >= 4 is 21.4 Å². The van der Waals surface area contributed by atoms with Crippen LogP contribution in [0.25, 0.3) is 0 Å². The molecule has 0 bridgehead atoms. The Kier molecular flexibility index (Phi) is 4.12. The van der Waals surface area contributed by atoms with Gasteiger partial charge in [-0.15, -0.1) is 0 Å². The Morgan fingerprint density at radius 2 is 1.86 bits per heavy atom. The molecule has 22 heavy (non-hydrogen) atoms. The van der Waals surface area contributed by atoms with Gasteiger partial charge in [-0.1, -0.05) is 6.07 Å². The molecule has 0 atom stereocenters. The van der Waals surface area contributed by atoms with Gasteiger partial charge in [0, 0.05) is 18.0 Å². The molecule has 2 aliphatic rings. The first-order chi connectivity index (χ1) is 10.4. The smallest absolute Gasteiger partial charge is 0.239 e. The highest BCUT2D eigenvalue weighted by atomic mass is 32.2. The summed E-state index contributed by atoms with van der Waals surface area (Å²) in [5, 5.41) is 6.14. The maximum Gasteiger partial charge on any atom is 0.239 e. The van der Waals surface area contributed by atoms with Crippen molar-refractivity contribution in [2.75, 3.05) is 18.1 Å². The summed E-state index contributed by atoms with van der Waals surface area (Å²) in [5.41, 5.74) is 0.646. The summed E-state index contributed by atoms with van der Waals surface area (Å²) >= 11 is 0. The predicted octanol–water partition coefficient (Wildman–Crippen LogP) is 1.81. The maximum absolute atomic E-state index is 12.1. The van der Waals surface area contributed by atoms with Crippen molar-refractivity contribution in [1.29, 1.82) is 0 Å². The van der Waals surface area contributed by atoms with Crippen LogP contribution < -0.4 is 10.6 Å². The molecule has 0 radical (unpaired) electrons. The third-order valence-corrected chi connectivity index (χ3v) is 5.41. The standard InChI is InChI=1S/C16H22N2O3S/c1-22(20,21)14-4-2-3-13(9-14)17-10-15(19)18-16(11-5-6-11)12-7-8-12/h2-4,9,11-12,16-17H,5-8,10H2,1H3,(H,18,19). The summed E-state index contributed by atoms with van der Waals surface area (Å²) in [7, 11) is -3.23. The lowest BCUT2D eigenvalue weighted by molar-refractivity contribution is -0.120. The van der Waals surface area contributed by atoms with Crippen molar-refractivity contribution in [3.63, 3.8) is 0 Å². The molecule has 120 valence electrons. The highest BCUT2D eigenvalue weighted by molar-refractivity contribution is 7.90. The van der Waals surface area contributed by atoms with E-state index in [4.69, 9.17) is 0 Å². The number of rotatable bonds is 7. The van der Waals surface area contributed by atoms with E-state index in [-0.39, 0.29) is 17.3 Å². The van der Waals surface area contributed by atoms with E-state index in [0.717, 1.165) is 0 Å². The first-order valence-corrected chi connectivity index (χ1v) is 9.66. The molecule has 3 rings (SSSR count). The molecule has 0 heterocycles. The number of carbonyl (C=O) groups excluding carboxylic acids is 1. The van der Waals surface area contributed by atoms with Crippen molar-refractivity contribution in [1.82, 2.24) is 5.32 Å². The molecule has 0 unspecified atom stereocenters. The zero-order chi connectivity index (χ0) is 15.7. The maximum atomic E-state index is 12.1. The van der Waals surface area contributed by atoms with Crippen LogP contribution in [-0.4, -0.2) is 33.2 Å². The summed E-state index contributed by atoms with van der Waals surface area (Å²) in [6.07, 6.45) is 6.09. The molecule has 2 saturated carbocycles. The fourth-order valence-corrected chi connectivity index (χ4v) is 3.45. The van der Waals surface area contributed by atoms with Crippen LogP contribution in [0.2, 0.25) is 0 Å². The largest absolute Gasteiger partial charge is 0.376 e. The average molecular weight is 322 g/mol. The Labute approximate surface area is 131 Å². The topological polar surface area (TPSA) is 75.3 Å². The van der Waals surface area contributed by atoms with Crippen molar-refractivity contribution in [3.05, 3.63) is 24.3 Å². The fraction of sp³-hybridized carbons (Fsp3) is 0.562. The molecule has 0 aromatic heterocycles. The van der Waals surface area contributed by atoms with E-state index in [0.29, 0.717) is 23.6 Å². The number of nitrogens with one attached hydrogen (secondary N) is 2. The quantitative estimate of drug-likeness (QED) is 0.803. The second kappa shape index (κ2) is 5.91. The van der Waals surface area contributed by atoms with Crippen molar-refractivity contribution in [3.8, 4) is 0 Å². The number of sulfone groups is 1. The summed E-state index contributed by atoms with van der Waals surface area (Å²) < 4.78 is 23.1. The summed E-state index contributed by atoms with van der Waals surface area (Å²) in [6, 6.07) is 6.89. The number of benzene rings is 1. The van der Waals surface area contributed by atoms with Crippen molar-refractivity contribution in [2.24, 2.45) is 11.8 Å². The minimum absolute atomic E-state index is 0.0199. The summed E-state index contributed by atoms with van der Waals surface area (Å²) in [5.74, 6) is 1.32. The minimum atomic E-state index is -3.23. The SMILES string of the molecule is CS(=O)(=O)c1cccc(NCC(=O)NC(C2CC2)C2CC2)c1. The fourth-order valence-electron chi connectivity index (χ4n) is 2.79. The van der Waals surface area contributed by atoms with Crippen LogP contribution in [0.15, 0.2) is 29.2 Å². The lowest BCUT2D eigenvalue weighted by atomic mass is 10.1. The monoisotopic (exact) mass is 322 g/mol. The number of hydrogen-bond donors (Lipinski definition) is 2. The van der Waals surface area contributed by atoms with Gasteiger partial charge in [0.05, 0.1) is 11.4 Å². The molecule has 5 nitrogen and oxygen atoms in total. The normalized spacial score (nSPS) is 18.3. The Bertz CT molecular complexity index is 652. The van der Waals surface area contributed by atoms with Crippen LogP contribution >= 0.6 is 0 Å². The van der Waals surface area contributed by atoms with Crippen LogP contribution in [0.5, 0.6) is 0 Å². The highest BCUT2D eigenvalue weighted by Gasteiger charge is 2.42. The number of amides is 1. The molecule has 0 saturated heterocycles. The molecule has 0 aliphatic heterocycles. The first kappa shape index (κ1) is 15.3. The number of anilines is 1. The van der Waals surface area contributed by atoms with Gasteiger partial charge < -0.3 is 10.6 Å². The zero-order valence-electron chi connectivity index (χ0n) is 12.7. The third-order valence-electron chi connectivity index (χ3n) is 4.30. The second-order valence-electron chi connectivity index (χ2n) is 6.42. The van der Waals surface area contributed by atoms with E-state index in [1.165, 1.54) is 31.9 Å². The molecule has 2 N–H and O–H groups in total. The predicted molar refractivity (Wildman–Crippen MR) is 85.4 cm³/mol. The van der Waals surface area contributed by atoms with Crippen LogP contribution in [0.1, 0.15) is 25.7 Å². The van der Waals surface area contributed by atoms with Gasteiger partial charge >= 0.3 is 0 Å². The van der Waals surface area contributed by atoms with Crippen molar-refractivity contribution in [2.45, 2.75) is 36.6 Å². The lowest BCUT2D eigenvalue weighted by Gasteiger charge is -2.18. The average Bonchev–Trinajstić information content (AvgIpc) is 3.35. The van der Waals surface area contributed by atoms with E-state index in [1.807, 2.05) is 0 Å². The molecule has 1 aromatic carbocycles. The van der Waals surface area contributed by atoms with Crippen LogP contribution in [-0.2, 0) is 14.6 Å². The lowest BCUT2D eigenvalue weighted by Crippen LogP contribution is -2.41. The zero-order valence-corrected chi connectivity index (χ0v) is 13.5. The van der Waals surface area contributed by atoms with Crippen LogP contribution in [0, 0.1) is 11.8 Å². The molecule has 0 spiro atoms. The Morgan fingerprint density at radius 3 is 2.41 bits per heavy atom. The van der Waals surface area contributed by atoms with Gasteiger partial charge in [0.1, 0.15) is 0 Å². The first-order valence-electron chi connectivity index (χ1n) is 7.77. The van der Waals surface area contributed by atoms with E-state index in [9.17, 15) is 13.2 Å². The Balaban J connectivity index is 1.54. The molecular weight excluding hydrogens is 300 g/mol. The summed E-state index contributed by atoms with van der Waals surface area (Å²) in [6.45, 7) is 0.170. The van der Waals surface area contributed by atoms with Gasteiger partial charge in [-0.2, -0.15) is 0 Å². The molecule has 2 aliphatic carbocycles. The van der Waals surface area contributed by atoms with Gasteiger partial charge in [0.25, 0.3) is 0 Å². The molecule has 2 fully saturated rings. The van der Waals surface area contributed by atoms with E-state index in [2.05, 4.69) is 10.6 Å². The van der Waals surface area contributed by atoms with Gasteiger partial charge in [-0.05, 0) is 55.7 Å². The number of carbonyl (C=O) groups is 1. The summed E-state index contributed by atoms with van der Waals surface area (Å²) in [4.78, 5) is 12.3. The molecule has 1 aromatic rings. The Morgan fingerprint density at radius 1 is 1.23 bits per heavy atom. The number of hydrogen-bond acceptors (Lipinski definition) is 4. The van der Waals surface area contributed by atoms with E-state index >= 15 is 0 Å². The van der Waals surface area contributed by atoms with Crippen LogP contribution in [0.4, 0.5) is 5.69 Å². The highest BCUT2D eigenvalue weighted by Crippen LogP contribution is 2.44. The van der Waals surface area contributed by atoms with Crippen molar-refractivity contribution < 1.29 is 13.2 Å². The van der Waals surface area contributed by atoms with Gasteiger partial charge in [0.15, 0.2) is 9.84 Å². The molecular formula is C16H22N2O3S. The van der Waals surface area contributed by atoms with Gasteiger partial charge in [-0.25, -0.2) is 8.42 Å². The van der Waals surface area contributed by atoms with Crippen LogP contribution in [0.3, 0.4) is 0 Å². The van der Waals surface area contributed by atoms with E-state index in [1.54, 1.807) is 24.3 Å². The minimum Gasteiger partial charge on any atom is -0.376 e. The van der Waals surface area contributed by atoms with E-state index < -0.39 is 9.84 Å². The molecule has 1 amide bonds. The van der Waals surface area contributed by atoms with Gasteiger partial charge in [-0.3, -0.25) is 4.79 Å². The molecule has 6 heteroatoms. The van der Waals surface area contributed by atoms with Gasteiger partial charge in [0.2, 0.25) is 5.91 Å².